The zero-order valence-corrected chi connectivity index (χ0v) is 4.87. The summed E-state index contributed by atoms with van der Waals surface area (Å²) in [5.41, 5.74) is 9.36. The molecular formula is C3H4BN2OS. The van der Waals surface area contributed by atoms with Crippen LogP contribution >= 0.6 is 12.2 Å². The van der Waals surface area contributed by atoms with Gasteiger partial charge in [-0.15, -0.1) is 0 Å². The van der Waals surface area contributed by atoms with Gasteiger partial charge in [-0.25, -0.2) is 0 Å². The van der Waals surface area contributed by atoms with Crippen molar-refractivity contribution in [1.29, 1.82) is 0 Å². The van der Waals surface area contributed by atoms with E-state index in [1.807, 2.05) is 0 Å². The SMILES string of the molecule is [B]=C(N)C(=S)C(N)=O. The van der Waals surface area contributed by atoms with Gasteiger partial charge in [0.05, 0.1) is 0 Å². The molecule has 0 aromatic heterocycles. The fourth-order valence-electron chi connectivity index (χ4n) is 0.142. The van der Waals surface area contributed by atoms with Crippen molar-refractivity contribution in [3.05, 3.63) is 0 Å². The summed E-state index contributed by atoms with van der Waals surface area (Å²) in [5, 5.41) is 0. The second-order valence-corrected chi connectivity index (χ2v) is 1.56. The van der Waals surface area contributed by atoms with E-state index in [4.69, 9.17) is 13.2 Å². The number of carbonyl (C=O) groups excluding carboxylic acids is 1. The van der Waals surface area contributed by atoms with Gasteiger partial charge in [0.2, 0.25) is 0 Å². The van der Waals surface area contributed by atoms with Crippen molar-refractivity contribution < 1.29 is 4.79 Å². The summed E-state index contributed by atoms with van der Waals surface area (Å²) in [6, 6.07) is 0. The average Bonchev–Trinajstić information content (AvgIpc) is 1.64. The first-order valence-electron chi connectivity index (χ1n) is 1.77. The topological polar surface area (TPSA) is 69.1 Å². The molecule has 4 N–H and O–H groups in total. The average molecular weight is 127 g/mol. The van der Waals surface area contributed by atoms with Gasteiger partial charge in [0.25, 0.3) is 0 Å². The third-order valence-electron chi connectivity index (χ3n) is 0.486. The molecule has 0 aliphatic rings. The minimum atomic E-state index is -0.764. The van der Waals surface area contributed by atoms with Crippen LogP contribution in [-0.4, -0.2) is 23.8 Å². The molecule has 8 heavy (non-hydrogen) atoms. The molecule has 0 atom stereocenters. The van der Waals surface area contributed by atoms with E-state index >= 15 is 0 Å². The molecular weight excluding hydrogens is 123 g/mol. The molecule has 0 unspecified atom stereocenters. The molecule has 0 saturated heterocycles. The number of rotatable bonds is 2. The molecule has 0 aliphatic heterocycles. The van der Waals surface area contributed by atoms with Crippen molar-refractivity contribution in [3.8, 4) is 0 Å². The van der Waals surface area contributed by atoms with Crippen LogP contribution < -0.4 is 11.5 Å². The molecule has 0 fully saturated rings. The number of thiocarbonyl (C=S) groups is 1. The van der Waals surface area contributed by atoms with Gasteiger partial charge in [-0.1, -0.05) is 0 Å². The number of primary amides is 1. The summed E-state index contributed by atoms with van der Waals surface area (Å²) >= 11 is 4.34. The monoisotopic (exact) mass is 127 g/mol. The fraction of sp³-hybridized carbons (Fsp3) is 0. The van der Waals surface area contributed by atoms with Crippen molar-refractivity contribution in [2.24, 2.45) is 11.5 Å². The van der Waals surface area contributed by atoms with Crippen LogP contribution in [0.4, 0.5) is 0 Å². The predicted octanol–water partition coefficient (Wildman–Crippen LogP) is -1.90. The molecule has 1 amide bonds. The van der Waals surface area contributed by atoms with Gasteiger partial charge in [-0.3, -0.25) is 0 Å². The maximum atomic E-state index is 10.0. The van der Waals surface area contributed by atoms with Crippen LogP contribution in [0.5, 0.6) is 0 Å². The normalized spacial score (nSPS) is 7.88. The molecule has 3 nitrogen and oxygen atoms in total. The summed E-state index contributed by atoms with van der Waals surface area (Å²) in [6.45, 7) is 0. The Bertz CT molecular complexity index is 139. The van der Waals surface area contributed by atoms with E-state index < -0.39 is 5.91 Å². The van der Waals surface area contributed by atoms with E-state index in [0.717, 1.165) is 0 Å². The first-order valence-corrected chi connectivity index (χ1v) is 2.18. The molecule has 0 bridgehead atoms. The minimum absolute atomic E-state index is 0.201. The molecule has 0 aromatic carbocycles. The third-order valence-corrected chi connectivity index (χ3v) is 0.923. The van der Waals surface area contributed by atoms with E-state index in [1.54, 1.807) is 0 Å². The van der Waals surface area contributed by atoms with Crippen molar-refractivity contribution in [3.63, 3.8) is 0 Å². The van der Waals surface area contributed by atoms with E-state index in [-0.39, 0.29) is 10.5 Å². The van der Waals surface area contributed by atoms with E-state index in [2.05, 4.69) is 18.0 Å². The first-order chi connectivity index (χ1) is 3.55. The maximum absolute atomic E-state index is 10.0. The quantitative estimate of drug-likeness (QED) is 0.336. The molecule has 0 spiro atoms. The van der Waals surface area contributed by atoms with Crippen LogP contribution in [0.2, 0.25) is 0 Å². The molecule has 5 heteroatoms. The van der Waals surface area contributed by atoms with E-state index in [9.17, 15) is 4.79 Å². The zero-order valence-electron chi connectivity index (χ0n) is 4.05. The predicted molar refractivity (Wildman–Crippen MR) is 36.7 cm³/mol. The zero-order chi connectivity index (χ0) is 6.73. The van der Waals surface area contributed by atoms with Crippen molar-refractivity contribution >= 4 is 36.1 Å². The number of carbonyl (C=O) groups is 1. The Labute approximate surface area is 53.1 Å². The first kappa shape index (κ1) is 7.29. The number of hydrogen-bond acceptors (Lipinski definition) is 3. The second kappa shape index (κ2) is 2.56. The van der Waals surface area contributed by atoms with E-state index in [1.165, 1.54) is 0 Å². The Morgan fingerprint density at radius 3 is 1.88 bits per heavy atom. The van der Waals surface area contributed by atoms with Gasteiger partial charge >= 0.3 is 52.3 Å². The van der Waals surface area contributed by atoms with Crippen LogP contribution in [0, 0.1) is 0 Å². The van der Waals surface area contributed by atoms with Gasteiger partial charge in [0.15, 0.2) is 0 Å². The summed E-state index contributed by atoms with van der Waals surface area (Å²) in [6.07, 6.45) is 0. The third kappa shape index (κ3) is 1.84. The van der Waals surface area contributed by atoms with Crippen LogP contribution in [0.15, 0.2) is 0 Å². The van der Waals surface area contributed by atoms with Crippen LogP contribution in [0.25, 0.3) is 0 Å². The molecule has 0 saturated carbocycles. The van der Waals surface area contributed by atoms with Crippen LogP contribution in [0.3, 0.4) is 0 Å². The molecule has 41 valence electrons. The van der Waals surface area contributed by atoms with Gasteiger partial charge in [-0.2, -0.15) is 0 Å². The molecule has 0 aromatic rings. The van der Waals surface area contributed by atoms with Crippen molar-refractivity contribution in [2.75, 3.05) is 0 Å². The molecule has 0 heterocycles. The van der Waals surface area contributed by atoms with E-state index in [0.29, 0.717) is 0 Å². The fourth-order valence-corrected chi connectivity index (χ4v) is 0.142. The number of nitrogens with two attached hydrogens (primary N) is 2. The standard InChI is InChI=1S/C3H4BN2OS/c4-2(5)1(8)3(6)7/h5H2,(H2,6,7). The Hall–Kier alpha value is -0.705. The number of hydrogen-bond donors (Lipinski definition) is 2. The Balaban J connectivity index is 4.05. The van der Waals surface area contributed by atoms with Gasteiger partial charge < -0.3 is 0 Å². The summed E-state index contributed by atoms with van der Waals surface area (Å²) in [4.78, 5) is 9.84. The summed E-state index contributed by atoms with van der Waals surface area (Å²) in [7, 11) is 4.89. The number of amides is 1. The summed E-state index contributed by atoms with van der Waals surface area (Å²) < 4.78 is 0. The van der Waals surface area contributed by atoms with Gasteiger partial charge in [-0.05, 0) is 0 Å². The van der Waals surface area contributed by atoms with Gasteiger partial charge in [0, 0.05) is 0 Å². The van der Waals surface area contributed by atoms with Crippen molar-refractivity contribution in [2.45, 2.75) is 0 Å². The Kier molecular flexibility index (Phi) is 2.34. The van der Waals surface area contributed by atoms with Gasteiger partial charge in [0.1, 0.15) is 0 Å². The molecule has 0 aliphatic carbocycles. The van der Waals surface area contributed by atoms with Crippen LogP contribution in [-0.2, 0) is 4.79 Å². The summed E-state index contributed by atoms with van der Waals surface area (Å²) in [5.74, 6) is -0.764. The van der Waals surface area contributed by atoms with Crippen LogP contribution in [0.1, 0.15) is 0 Å². The molecule has 0 rings (SSSR count). The van der Waals surface area contributed by atoms with Crippen molar-refractivity contribution in [1.82, 2.24) is 0 Å². The Morgan fingerprint density at radius 1 is 1.50 bits per heavy atom. The Morgan fingerprint density at radius 2 is 1.88 bits per heavy atom. The second-order valence-electron chi connectivity index (χ2n) is 1.15. The molecule has 1 radical (unpaired) electrons.